The van der Waals surface area contributed by atoms with Crippen molar-refractivity contribution in [3.05, 3.63) is 35.4 Å². The maximum Gasteiger partial charge on any atom is 0.0991 e. The molecule has 3 rings (SSSR count). The van der Waals surface area contributed by atoms with Crippen LogP contribution in [0, 0.1) is 29.1 Å². The Morgan fingerprint density at radius 1 is 1.00 bits per heavy atom. The second-order valence-electron chi connectivity index (χ2n) is 7.23. The summed E-state index contributed by atoms with van der Waals surface area (Å²) >= 11 is 0. The van der Waals surface area contributed by atoms with E-state index in [1.807, 2.05) is 12.1 Å². The van der Waals surface area contributed by atoms with E-state index in [0.29, 0.717) is 0 Å². The summed E-state index contributed by atoms with van der Waals surface area (Å²) in [7, 11) is 0. The number of nitrogens with zero attached hydrogens (tertiary/aromatic N) is 1. The Balaban J connectivity index is 1.61. The fourth-order valence-electron chi connectivity index (χ4n) is 4.83. The maximum atomic E-state index is 8.91. The van der Waals surface area contributed by atoms with Gasteiger partial charge in [0.15, 0.2) is 0 Å². The molecule has 2 aliphatic carbocycles. The quantitative estimate of drug-likeness (QED) is 0.701. The second-order valence-corrected chi connectivity index (χ2v) is 7.23. The van der Waals surface area contributed by atoms with Crippen molar-refractivity contribution in [2.75, 3.05) is 0 Å². The molecule has 112 valence electrons. The zero-order valence-electron chi connectivity index (χ0n) is 13.2. The molecule has 0 aromatic heterocycles. The minimum atomic E-state index is 0.730. The first kappa shape index (κ1) is 14.6. The van der Waals surface area contributed by atoms with Crippen LogP contribution in [0.1, 0.15) is 75.3 Å². The van der Waals surface area contributed by atoms with Gasteiger partial charge in [-0.3, -0.25) is 0 Å². The van der Waals surface area contributed by atoms with E-state index in [2.05, 4.69) is 25.1 Å². The molecule has 1 heteroatoms. The van der Waals surface area contributed by atoms with Gasteiger partial charge in [-0.2, -0.15) is 5.26 Å². The van der Waals surface area contributed by atoms with Crippen LogP contribution >= 0.6 is 0 Å². The second kappa shape index (κ2) is 6.65. The van der Waals surface area contributed by atoms with E-state index < -0.39 is 0 Å². The van der Waals surface area contributed by atoms with Gasteiger partial charge < -0.3 is 0 Å². The first-order valence-electron chi connectivity index (χ1n) is 8.80. The third-order valence-corrected chi connectivity index (χ3v) is 5.92. The first-order valence-corrected chi connectivity index (χ1v) is 8.80. The van der Waals surface area contributed by atoms with Crippen molar-refractivity contribution < 1.29 is 0 Å². The van der Waals surface area contributed by atoms with Crippen molar-refractivity contribution in [3.8, 4) is 6.07 Å². The van der Waals surface area contributed by atoms with Crippen LogP contribution in [0.4, 0.5) is 0 Å². The van der Waals surface area contributed by atoms with E-state index in [4.69, 9.17) is 5.26 Å². The summed E-state index contributed by atoms with van der Waals surface area (Å²) in [6, 6.07) is 10.6. The number of fused-ring (bicyclic) bond motifs is 1. The molecule has 1 aromatic carbocycles. The Morgan fingerprint density at radius 2 is 1.62 bits per heavy atom. The van der Waals surface area contributed by atoms with Gasteiger partial charge in [0, 0.05) is 0 Å². The molecule has 0 N–H and O–H groups in total. The zero-order chi connectivity index (χ0) is 14.7. The maximum absolute atomic E-state index is 8.91. The molecule has 2 fully saturated rings. The van der Waals surface area contributed by atoms with Crippen molar-refractivity contribution in [2.24, 2.45) is 17.8 Å². The van der Waals surface area contributed by atoms with E-state index in [1.165, 1.54) is 56.9 Å². The smallest absolute Gasteiger partial charge is 0.0991 e. The van der Waals surface area contributed by atoms with E-state index >= 15 is 0 Å². The number of hydrogen-bond donors (Lipinski definition) is 0. The highest BCUT2D eigenvalue weighted by Gasteiger charge is 2.35. The molecule has 0 spiro atoms. The van der Waals surface area contributed by atoms with Gasteiger partial charge >= 0.3 is 0 Å². The van der Waals surface area contributed by atoms with Crippen LogP contribution < -0.4 is 0 Å². The lowest BCUT2D eigenvalue weighted by atomic mass is 9.89. The number of rotatable bonds is 3. The fraction of sp³-hybridized carbons (Fsp3) is 0.650. The topological polar surface area (TPSA) is 23.8 Å². The Labute approximate surface area is 129 Å². The number of nitriles is 1. The van der Waals surface area contributed by atoms with Crippen molar-refractivity contribution in [1.82, 2.24) is 0 Å². The average Bonchev–Trinajstić information content (AvgIpc) is 2.80. The summed E-state index contributed by atoms with van der Waals surface area (Å²) in [5.41, 5.74) is 2.24. The molecule has 0 heterocycles. The van der Waals surface area contributed by atoms with Crippen molar-refractivity contribution in [3.63, 3.8) is 0 Å². The molecule has 0 radical (unpaired) electrons. The third-order valence-electron chi connectivity index (χ3n) is 5.92. The van der Waals surface area contributed by atoms with Crippen LogP contribution in [0.5, 0.6) is 0 Å². The monoisotopic (exact) mass is 281 g/mol. The lowest BCUT2D eigenvalue weighted by Gasteiger charge is -2.16. The third kappa shape index (κ3) is 3.31. The van der Waals surface area contributed by atoms with Crippen LogP contribution in [-0.2, 0) is 0 Å². The van der Waals surface area contributed by atoms with Gasteiger partial charge in [0.1, 0.15) is 0 Å². The van der Waals surface area contributed by atoms with Gasteiger partial charge in [0.05, 0.1) is 11.6 Å². The minimum absolute atomic E-state index is 0.730. The lowest BCUT2D eigenvalue weighted by molar-refractivity contribution is 0.367. The summed E-state index contributed by atoms with van der Waals surface area (Å²) in [4.78, 5) is 0. The van der Waals surface area contributed by atoms with Gasteiger partial charge in [0.25, 0.3) is 0 Å². The average molecular weight is 281 g/mol. The van der Waals surface area contributed by atoms with Crippen LogP contribution in [-0.4, -0.2) is 0 Å². The largest absolute Gasteiger partial charge is 0.192 e. The Morgan fingerprint density at radius 3 is 2.14 bits per heavy atom. The summed E-state index contributed by atoms with van der Waals surface area (Å²) in [5, 5.41) is 8.91. The van der Waals surface area contributed by atoms with Crippen molar-refractivity contribution in [1.29, 1.82) is 5.26 Å². The molecular weight excluding hydrogens is 254 g/mol. The molecule has 2 aliphatic rings. The molecule has 0 bridgehead atoms. The van der Waals surface area contributed by atoms with Crippen molar-refractivity contribution >= 4 is 0 Å². The summed E-state index contributed by atoms with van der Waals surface area (Å²) < 4.78 is 0. The first-order chi connectivity index (χ1) is 10.3. The Hall–Kier alpha value is -1.29. The minimum Gasteiger partial charge on any atom is -0.192 e. The summed E-state index contributed by atoms with van der Waals surface area (Å²) in [5.74, 6) is 3.76. The van der Waals surface area contributed by atoms with Crippen LogP contribution in [0.3, 0.4) is 0 Å². The van der Waals surface area contributed by atoms with Crippen molar-refractivity contribution in [2.45, 2.75) is 64.2 Å². The Kier molecular flexibility index (Phi) is 4.63. The van der Waals surface area contributed by atoms with Gasteiger partial charge in [-0.1, -0.05) is 31.9 Å². The Bertz CT molecular complexity index is 480. The van der Waals surface area contributed by atoms with E-state index in [-0.39, 0.29) is 0 Å². The van der Waals surface area contributed by atoms with E-state index in [0.717, 1.165) is 29.2 Å². The van der Waals surface area contributed by atoms with Gasteiger partial charge in [-0.25, -0.2) is 0 Å². The van der Waals surface area contributed by atoms with E-state index in [1.54, 1.807) is 0 Å². The fourth-order valence-corrected chi connectivity index (χ4v) is 4.83. The summed E-state index contributed by atoms with van der Waals surface area (Å²) in [6.07, 6.45) is 11.4. The molecule has 0 amide bonds. The molecule has 2 unspecified atom stereocenters. The van der Waals surface area contributed by atoms with Gasteiger partial charge in [-0.15, -0.1) is 0 Å². The molecule has 0 aliphatic heterocycles. The zero-order valence-corrected chi connectivity index (χ0v) is 13.2. The number of hydrogen-bond acceptors (Lipinski definition) is 1. The molecule has 1 nitrogen and oxygen atoms in total. The van der Waals surface area contributed by atoms with Crippen LogP contribution in [0.25, 0.3) is 0 Å². The van der Waals surface area contributed by atoms with Gasteiger partial charge in [-0.05, 0) is 79.9 Å². The van der Waals surface area contributed by atoms with Gasteiger partial charge in [0.2, 0.25) is 0 Å². The molecule has 2 saturated carbocycles. The van der Waals surface area contributed by atoms with E-state index in [9.17, 15) is 0 Å². The normalized spacial score (nSPS) is 32.2. The molecule has 2 atom stereocenters. The number of benzene rings is 1. The standard InChI is InChI=1S/C20H27N/c1-2-3-16-12-19-10-8-18(9-11-20(19)13-16)17-6-4-15(14-21)5-7-17/h4-7,16,18-20H,2-3,8-13H2,1H3. The molecule has 21 heavy (non-hydrogen) atoms. The highest BCUT2D eigenvalue weighted by Crippen LogP contribution is 2.48. The predicted molar refractivity (Wildman–Crippen MR) is 87.0 cm³/mol. The SMILES string of the molecule is CCCC1CC2CCC(c3ccc(C#N)cc3)CCC2C1. The molecule has 1 aromatic rings. The molecule has 0 saturated heterocycles. The lowest BCUT2D eigenvalue weighted by Crippen LogP contribution is -2.04. The van der Waals surface area contributed by atoms with Crippen LogP contribution in [0.15, 0.2) is 24.3 Å². The summed E-state index contributed by atoms with van der Waals surface area (Å²) in [6.45, 7) is 2.33. The van der Waals surface area contributed by atoms with Crippen LogP contribution in [0.2, 0.25) is 0 Å². The highest BCUT2D eigenvalue weighted by molar-refractivity contribution is 5.33. The molecular formula is C20H27N. The highest BCUT2D eigenvalue weighted by atomic mass is 14.4. The predicted octanol–water partition coefficient (Wildman–Crippen LogP) is 5.66.